The van der Waals surface area contributed by atoms with E-state index in [0.29, 0.717) is 40.3 Å². The Balaban J connectivity index is 1.73. The molecule has 0 aliphatic heterocycles. The predicted molar refractivity (Wildman–Crippen MR) is 109 cm³/mol. The quantitative estimate of drug-likeness (QED) is 0.454. The highest BCUT2D eigenvalue weighted by molar-refractivity contribution is 7.09. The lowest BCUT2D eigenvalue weighted by atomic mass is 10.0. The maximum Gasteiger partial charge on any atom is 0.202 e. The van der Waals surface area contributed by atoms with E-state index in [0.717, 1.165) is 16.1 Å². The summed E-state index contributed by atoms with van der Waals surface area (Å²) >= 11 is 1.50. The summed E-state index contributed by atoms with van der Waals surface area (Å²) in [5, 5.41) is 3.30. The molecule has 0 aliphatic carbocycles. The Hall–Kier alpha value is -2.99. The Morgan fingerprint density at radius 1 is 1.14 bits per heavy atom. The summed E-state index contributed by atoms with van der Waals surface area (Å²) in [5.74, 6) is 0.834. The zero-order chi connectivity index (χ0) is 19.8. The molecule has 0 aliphatic rings. The molecule has 0 fully saturated rings. The van der Waals surface area contributed by atoms with Gasteiger partial charge in [-0.2, -0.15) is 0 Å². The molecule has 0 atom stereocenters. The lowest BCUT2D eigenvalue weighted by molar-refractivity contribution is 0.306. The van der Waals surface area contributed by atoms with E-state index in [1.54, 1.807) is 25.1 Å². The standard InChI is InChI=1S/C22H18FNO3S/c1-12-8-17(26-10-15-4-6-16(23)7-5-15)9-19-20(12)22(25)21(13(2)27-19)18-11-28-14(3)24-18/h4-9,11H,10H2,1-3H3. The molecule has 4 aromatic rings. The van der Waals surface area contributed by atoms with Gasteiger partial charge in [-0.05, 0) is 50.1 Å². The number of aryl methyl sites for hydroxylation is 3. The van der Waals surface area contributed by atoms with Crippen molar-refractivity contribution in [3.63, 3.8) is 0 Å². The third kappa shape index (κ3) is 3.43. The first-order valence-corrected chi connectivity index (χ1v) is 9.68. The minimum absolute atomic E-state index is 0.0911. The first-order chi connectivity index (χ1) is 13.4. The summed E-state index contributed by atoms with van der Waals surface area (Å²) < 4.78 is 24.8. The molecular formula is C22H18FNO3S. The van der Waals surface area contributed by atoms with Gasteiger partial charge in [-0.25, -0.2) is 9.37 Å². The Bertz CT molecular complexity index is 1230. The third-order valence-corrected chi connectivity index (χ3v) is 5.31. The fourth-order valence-electron chi connectivity index (χ4n) is 3.20. The average molecular weight is 395 g/mol. The molecule has 4 rings (SSSR count). The molecule has 2 heterocycles. The molecule has 0 amide bonds. The van der Waals surface area contributed by atoms with Crippen LogP contribution in [-0.2, 0) is 6.61 Å². The van der Waals surface area contributed by atoms with Gasteiger partial charge in [0, 0.05) is 11.4 Å². The molecule has 4 nitrogen and oxygen atoms in total. The number of thiazole rings is 1. The first kappa shape index (κ1) is 18.4. The minimum Gasteiger partial charge on any atom is -0.489 e. The van der Waals surface area contributed by atoms with Crippen LogP contribution in [0.4, 0.5) is 4.39 Å². The van der Waals surface area contributed by atoms with Crippen molar-refractivity contribution in [2.45, 2.75) is 27.4 Å². The fraction of sp³-hybridized carbons (Fsp3) is 0.182. The second-order valence-electron chi connectivity index (χ2n) is 6.64. The van der Waals surface area contributed by atoms with Crippen LogP contribution in [0.25, 0.3) is 22.2 Å². The largest absolute Gasteiger partial charge is 0.489 e. The van der Waals surface area contributed by atoms with Crippen molar-refractivity contribution in [3.8, 4) is 17.0 Å². The fourth-order valence-corrected chi connectivity index (χ4v) is 3.80. The first-order valence-electron chi connectivity index (χ1n) is 8.80. The van der Waals surface area contributed by atoms with E-state index < -0.39 is 0 Å². The molecule has 0 saturated carbocycles. The Morgan fingerprint density at radius 3 is 2.57 bits per heavy atom. The molecular weight excluding hydrogens is 377 g/mol. The molecule has 0 spiro atoms. The van der Waals surface area contributed by atoms with Gasteiger partial charge in [-0.15, -0.1) is 11.3 Å². The van der Waals surface area contributed by atoms with E-state index in [4.69, 9.17) is 9.15 Å². The molecule has 2 aromatic heterocycles. The molecule has 142 valence electrons. The maximum atomic E-state index is 13.1. The molecule has 6 heteroatoms. The van der Waals surface area contributed by atoms with Crippen molar-refractivity contribution >= 4 is 22.3 Å². The zero-order valence-corrected chi connectivity index (χ0v) is 16.5. The second kappa shape index (κ2) is 7.20. The van der Waals surface area contributed by atoms with Crippen molar-refractivity contribution in [2.24, 2.45) is 0 Å². The lowest BCUT2D eigenvalue weighted by Gasteiger charge is -2.11. The van der Waals surface area contributed by atoms with E-state index in [1.165, 1.54) is 23.5 Å². The van der Waals surface area contributed by atoms with Crippen LogP contribution in [0.5, 0.6) is 5.75 Å². The topological polar surface area (TPSA) is 52.3 Å². The Labute approximate surface area is 165 Å². The van der Waals surface area contributed by atoms with Gasteiger partial charge in [0.15, 0.2) is 0 Å². The third-order valence-electron chi connectivity index (χ3n) is 4.54. The molecule has 0 unspecified atom stereocenters. The van der Waals surface area contributed by atoms with E-state index in [2.05, 4.69) is 4.98 Å². The number of hydrogen-bond donors (Lipinski definition) is 0. The second-order valence-corrected chi connectivity index (χ2v) is 7.70. The van der Waals surface area contributed by atoms with Gasteiger partial charge < -0.3 is 9.15 Å². The van der Waals surface area contributed by atoms with Crippen LogP contribution in [0, 0.1) is 26.6 Å². The number of rotatable bonds is 4. The SMILES string of the molecule is Cc1nc(-c2c(C)oc3cc(OCc4ccc(F)cc4)cc(C)c3c2=O)cs1. The lowest BCUT2D eigenvalue weighted by Crippen LogP contribution is -2.09. The van der Waals surface area contributed by atoms with Gasteiger partial charge in [-0.3, -0.25) is 4.79 Å². The zero-order valence-electron chi connectivity index (χ0n) is 15.7. The van der Waals surface area contributed by atoms with Crippen LogP contribution in [-0.4, -0.2) is 4.98 Å². The van der Waals surface area contributed by atoms with E-state index >= 15 is 0 Å². The van der Waals surface area contributed by atoms with E-state index in [1.807, 2.05) is 25.3 Å². The van der Waals surface area contributed by atoms with Crippen LogP contribution < -0.4 is 10.2 Å². The number of ether oxygens (including phenoxy) is 1. The van der Waals surface area contributed by atoms with Gasteiger partial charge in [0.25, 0.3) is 0 Å². The van der Waals surface area contributed by atoms with Crippen LogP contribution in [0.15, 0.2) is 51.0 Å². The molecule has 0 N–H and O–H groups in total. The average Bonchev–Trinajstić information content (AvgIpc) is 3.06. The predicted octanol–water partition coefficient (Wildman–Crippen LogP) is 5.56. The molecule has 28 heavy (non-hydrogen) atoms. The van der Waals surface area contributed by atoms with Crippen molar-refractivity contribution in [3.05, 3.63) is 79.7 Å². The summed E-state index contributed by atoms with van der Waals surface area (Å²) in [5.41, 5.74) is 3.16. The van der Waals surface area contributed by atoms with Crippen LogP contribution >= 0.6 is 11.3 Å². The smallest absolute Gasteiger partial charge is 0.202 e. The highest BCUT2D eigenvalue weighted by atomic mass is 32.1. The van der Waals surface area contributed by atoms with E-state index in [-0.39, 0.29) is 11.2 Å². The minimum atomic E-state index is -0.284. The Morgan fingerprint density at radius 2 is 1.89 bits per heavy atom. The summed E-state index contributed by atoms with van der Waals surface area (Å²) in [7, 11) is 0. The number of aromatic nitrogens is 1. The monoisotopic (exact) mass is 395 g/mol. The number of halogens is 1. The number of hydrogen-bond acceptors (Lipinski definition) is 5. The number of fused-ring (bicyclic) bond motifs is 1. The van der Waals surface area contributed by atoms with Crippen molar-refractivity contribution in [2.75, 3.05) is 0 Å². The summed E-state index contributed by atoms with van der Waals surface area (Å²) in [4.78, 5) is 17.6. The normalized spacial score (nSPS) is 11.1. The molecule has 0 saturated heterocycles. The van der Waals surface area contributed by atoms with Crippen LogP contribution in [0.2, 0.25) is 0 Å². The highest BCUT2D eigenvalue weighted by Crippen LogP contribution is 2.29. The van der Waals surface area contributed by atoms with Gasteiger partial charge in [0.05, 0.1) is 21.7 Å². The summed E-state index contributed by atoms with van der Waals surface area (Å²) in [6.07, 6.45) is 0. The van der Waals surface area contributed by atoms with Crippen LogP contribution in [0.1, 0.15) is 21.9 Å². The Kier molecular flexibility index (Phi) is 4.73. The van der Waals surface area contributed by atoms with Crippen LogP contribution in [0.3, 0.4) is 0 Å². The maximum absolute atomic E-state index is 13.1. The summed E-state index contributed by atoms with van der Waals surface area (Å²) in [6, 6.07) is 9.68. The van der Waals surface area contributed by atoms with E-state index in [9.17, 15) is 9.18 Å². The van der Waals surface area contributed by atoms with Crippen molar-refractivity contribution in [1.82, 2.24) is 4.98 Å². The van der Waals surface area contributed by atoms with Gasteiger partial charge in [0.2, 0.25) is 5.43 Å². The van der Waals surface area contributed by atoms with Crippen molar-refractivity contribution in [1.29, 1.82) is 0 Å². The van der Waals surface area contributed by atoms with Gasteiger partial charge in [0.1, 0.15) is 29.5 Å². The van der Waals surface area contributed by atoms with Crippen molar-refractivity contribution < 1.29 is 13.5 Å². The highest BCUT2D eigenvalue weighted by Gasteiger charge is 2.18. The summed E-state index contributed by atoms with van der Waals surface area (Å²) in [6.45, 7) is 5.83. The number of benzene rings is 2. The molecule has 2 aromatic carbocycles. The molecule has 0 bridgehead atoms. The number of nitrogens with zero attached hydrogens (tertiary/aromatic N) is 1. The van der Waals surface area contributed by atoms with Gasteiger partial charge in [-0.1, -0.05) is 12.1 Å². The molecule has 0 radical (unpaired) electrons. The van der Waals surface area contributed by atoms with Gasteiger partial charge >= 0.3 is 0 Å².